The SMILES string of the molecule is CCCCCCCCCCCCCCCCCC(=O)C[C@@H](CC(=O)O)C(=O)OC1=CC[C@@]2(O)[C@H]3Cc4ccc(CO)c5c4[C@@]2(CCN3C)[C@H]1O5. The van der Waals surface area contributed by atoms with Crippen LogP contribution in [0.15, 0.2) is 24.0 Å². The van der Waals surface area contributed by atoms with Gasteiger partial charge in [0.05, 0.1) is 30.0 Å². The van der Waals surface area contributed by atoms with Gasteiger partial charge in [-0.2, -0.15) is 0 Å². The van der Waals surface area contributed by atoms with Crippen molar-refractivity contribution in [3.05, 3.63) is 40.7 Å². The average Bonchev–Trinajstić information content (AvgIpc) is 3.45. The highest BCUT2D eigenvalue weighted by atomic mass is 16.6. The summed E-state index contributed by atoms with van der Waals surface area (Å²) < 4.78 is 12.5. The van der Waals surface area contributed by atoms with E-state index in [-0.39, 0.29) is 37.0 Å². The van der Waals surface area contributed by atoms with E-state index in [0.29, 0.717) is 37.1 Å². The van der Waals surface area contributed by atoms with E-state index >= 15 is 0 Å². The summed E-state index contributed by atoms with van der Waals surface area (Å²) in [6.07, 6.45) is 20.6. The molecule has 1 fully saturated rings. The molecule has 4 aliphatic rings. The second-order valence-corrected chi connectivity index (χ2v) is 15.6. The number of carboxylic acids is 1. The van der Waals surface area contributed by atoms with Crippen LogP contribution in [-0.2, 0) is 37.6 Å². The number of carbonyl (C=O) groups excluding carboxylic acids is 2. The average molecular weight is 696 g/mol. The Morgan fingerprint density at radius 3 is 2.16 bits per heavy atom. The van der Waals surface area contributed by atoms with Crippen molar-refractivity contribution in [3.63, 3.8) is 0 Å². The number of rotatable bonds is 23. The van der Waals surface area contributed by atoms with E-state index in [1.54, 1.807) is 6.08 Å². The molecule has 9 heteroatoms. The summed E-state index contributed by atoms with van der Waals surface area (Å²) in [5, 5.41) is 32.1. The Morgan fingerprint density at radius 2 is 1.56 bits per heavy atom. The molecule has 0 amide bonds. The van der Waals surface area contributed by atoms with Gasteiger partial charge in [-0.1, -0.05) is 109 Å². The summed E-state index contributed by atoms with van der Waals surface area (Å²) in [6.45, 7) is 2.74. The van der Waals surface area contributed by atoms with Gasteiger partial charge in [0, 0.05) is 36.4 Å². The number of ketones is 1. The topological polar surface area (TPSA) is 134 Å². The number of piperidine rings is 1. The van der Waals surface area contributed by atoms with Crippen LogP contribution in [0.3, 0.4) is 0 Å². The summed E-state index contributed by atoms with van der Waals surface area (Å²) >= 11 is 0. The fourth-order valence-electron chi connectivity index (χ4n) is 9.35. The van der Waals surface area contributed by atoms with Crippen LogP contribution in [-0.4, -0.2) is 69.3 Å². The molecule has 5 atom stereocenters. The van der Waals surface area contributed by atoms with Crippen LogP contribution >= 0.6 is 0 Å². The zero-order valence-electron chi connectivity index (χ0n) is 30.6. The van der Waals surface area contributed by atoms with Gasteiger partial charge >= 0.3 is 11.9 Å². The molecule has 1 aromatic rings. The lowest BCUT2D eigenvalue weighted by Gasteiger charge is -2.61. The predicted octanol–water partition coefficient (Wildman–Crippen LogP) is 7.31. The molecule has 2 bridgehead atoms. The van der Waals surface area contributed by atoms with Crippen LogP contribution < -0.4 is 4.74 Å². The van der Waals surface area contributed by atoms with E-state index < -0.39 is 41.4 Å². The zero-order chi connectivity index (χ0) is 35.7. The molecule has 1 spiro atoms. The summed E-state index contributed by atoms with van der Waals surface area (Å²) in [5.41, 5.74) is 0.529. The minimum absolute atomic E-state index is 0.124. The molecule has 278 valence electrons. The van der Waals surface area contributed by atoms with Gasteiger partial charge in [0.15, 0.2) is 6.10 Å². The number of benzene rings is 1. The standard InChI is InChI=1S/C41H61NO8/c1-3-4-5-6-7-8-9-10-11-12-13-14-15-16-17-18-32(44)25-31(27-35(45)46)39(47)49-33-21-22-41(48)34-26-29-19-20-30(28-43)37-36(29)40(41,38(33)50-37)23-24-42(34)2/h19-21,31,34,38,43,48H,3-18,22-28H2,1-2H3,(H,45,46)/t31-,34+,38-,40-,41+/m0/s1. The lowest BCUT2D eigenvalue weighted by atomic mass is 9.50. The first-order valence-electron chi connectivity index (χ1n) is 19.7. The summed E-state index contributed by atoms with van der Waals surface area (Å²) in [5.74, 6) is -2.36. The first-order valence-corrected chi connectivity index (χ1v) is 19.7. The molecule has 0 unspecified atom stereocenters. The quantitative estimate of drug-likeness (QED) is 0.0796. The van der Waals surface area contributed by atoms with E-state index in [4.69, 9.17) is 9.47 Å². The Bertz CT molecular complexity index is 1370. The molecule has 1 saturated heterocycles. The number of esters is 1. The van der Waals surface area contributed by atoms with E-state index in [1.807, 2.05) is 19.2 Å². The number of Topliss-reactive ketones (excluding diaryl/α,β-unsaturated/α-hetero) is 1. The van der Waals surface area contributed by atoms with Gasteiger partial charge < -0.3 is 29.7 Å². The van der Waals surface area contributed by atoms with Gasteiger partial charge in [-0.25, -0.2) is 0 Å². The van der Waals surface area contributed by atoms with Crippen molar-refractivity contribution in [2.45, 2.75) is 172 Å². The third kappa shape index (κ3) is 8.15. The number of likely N-dealkylation sites (tertiary alicyclic amines) is 1. The van der Waals surface area contributed by atoms with Crippen LogP contribution in [0.2, 0.25) is 0 Å². The lowest BCUT2D eigenvalue weighted by molar-refractivity contribution is -0.171. The molecule has 9 nitrogen and oxygen atoms in total. The first kappa shape index (κ1) is 38.5. The van der Waals surface area contributed by atoms with Crippen LogP contribution in [0.25, 0.3) is 0 Å². The molecule has 0 saturated carbocycles. The Kier molecular flexibility index (Phi) is 13.6. The Balaban J connectivity index is 1.10. The molecule has 0 aromatic heterocycles. The zero-order valence-corrected chi connectivity index (χ0v) is 30.6. The van der Waals surface area contributed by atoms with Gasteiger partial charge in [0.2, 0.25) is 0 Å². The van der Waals surface area contributed by atoms with Crippen LogP contribution in [0.1, 0.15) is 152 Å². The summed E-state index contributed by atoms with van der Waals surface area (Å²) in [4.78, 5) is 40.5. The second kappa shape index (κ2) is 17.6. The van der Waals surface area contributed by atoms with Crippen LogP contribution in [0, 0.1) is 5.92 Å². The monoisotopic (exact) mass is 695 g/mol. The van der Waals surface area contributed by atoms with Crippen molar-refractivity contribution in [3.8, 4) is 5.75 Å². The lowest BCUT2D eigenvalue weighted by Crippen LogP contribution is -2.74. The van der Waals surface area contributed by atoms with Crippen molar-refractivity contribution in [1.29, 1.82) is 0 Å². The molecule has 2 heterocycles. The molecule has 5 rings (SSSR count). The molecule has 50 heavy (non-hydrogen) atoms. The van der Waals surface area contributed by atoms with E-state index in [2.05, 4.69) is 11.8 Å². The molecule has 3 N–H and O–H groups in total. The number of hydrogen-bond donors (Lipinski definition) is 3. The maximum atomic E-state index is 13.6. The van der Waals surface area contributed by atoms with Gasteiger partial charge in [0.25, 0.3) is 0 Å². The highest BCUT2D eigenvalue weighted by molar-refractivity contribution is 5.87. The Hall–Kier alpha value is -2.75. The van der Waals surface area contributed by atoms with E-state index in [1.165, 1.54) is 70.6 Å². The maximum absolute atomic E-state index is 13.6. The van der Waals surface area contributed by atoms with Crippen molar-refractivity contribution in [2.75, 3.05) is 13.6 Å². The number of carbonyl (C=O) groups is 3. The summed E-state index contributed by atoms with van der Waals surface area (Å²) in [6, 6.07) is 3.69. The molecular formula is C41H61NO8. The number of likely N-dealkylation sites (N-methyl/N-ethyl adjacent to an activating group) is 1. The largest absolute Gasteiger partial charge is 0.481 e. The van der Waals surface area contributed by atoms with Crippen molar-refractivity contribution < 1.29 is 39.2 Å². The van der Waals surface area contributed by atoms with Gasteiger partial charge in [-0.05, 0) is 44.5 Å². The van der Waals surface area contributed by atoms with Gasteiger partial charge in [-0.15, -0.1) is 0 Å². The normalized spacial score (nSPS) is 25.4. The fourth-order valence-corrected chi connectivity index (χ4v) is 9.35. The summed E-state index contributed by atoms with van der Waals surface area (Å²) in [7, 11) is 2.01. The van der Waals surface area contributed by atoms with Crippen molar-refractivity contribution >= 4 is 17.7 Å². The van der Waals surface area contributed by atoms with E-state index in [9.17, 15) is 29.7 Å². The van der Waals surface area contributed by atoms with Crippen LogP contribution in [0.4, 0.5) is 0 Å². The highest BCUT2D eigenvalue weighted by Gasteiger charge is 2.72. The molecule has 2 aliphatic heterocycles. The number of carboxylic acid groups (broad SMARTS) is 1. The molecule has 0 radical (unpaired) electrons. The number of hydrogen-bond acceptors (Lipinski definition) is 8. The number of aliphatic hydroxyl groups excluding tert-OH is 1. The highest BCUT2D eigenvalue weighted by Crippen LogP contribution is 2.64. The molecule has 2 aliphatic carbocycles. The smallest absolute Gasteiger partial charge is 0.315 e. The minimum Gasteiger partial charge on any atom is -0.481 e. The van der Waals surface area contributed by atoms with Crippen LogP contribution in [0.5, 0.6) is 5.75 Å². The molecule has 1 aromatic carbocycles. The van der Waals surface area contributed by atoms with E-state index in [0.717, 1.165) is 36.8 Å². The minimum atomic E-state index is -1.17. The number of aliphatic carboxylic acids is 1. The maximum Gasteiger partial charge on any atom is 0.315 e. The van der Waals surface area contributed by atoms with Gasteiger partial charge in [-0.3, -0.25) is 14.4 Å². The first-order chi connectivity index (χ1) is 24.2. The Labute approximate surface area is 298 Å². The Morgan fingerprint density at radius 1 is 0.940 bits per heavy atom. The van der Waals surface area contributed by atoms with Crippen molar-refractivity contribution in [1.82, 2.24) is 4.90 Å². The third-order valence-corrected chi connectivity index (χ3v) is 12.1. The number of unbranched alkanes of at least 4 members (excludes halogenated alkanes) is 14. The molecular weight excluding hydrogens is 634 g/mol. The number of nitrogens with zero attached hydrogens (tertiary/aromatic N) is 1. The third-order valence-electron chi connectivity index (χ3n) is 12.1. The fraction of sp³-hybridized carbons (Fsp3) is 0.732. The second-order valence-electron chi connectivity index (χ2n) is 15.6. The van der Waals surface area contributed by atoms with Gasteiger partial charge in [0.1, 0.15) is 17.3 Å². The predicted molar refractivity (Wildman–Crippen MR) is 192 cm³/mol. The number of ether oxygens (including phenoxy) is 2. The number of aliphatic hydroxyl groups is 2. The van der Waals surface area contributed by atoms with Crippen molar-refractivity contribution in [2.24, 2.45) is 5.92 Å².